The molecule has 4 heteroatoms. The zero-order valence-corrected chi connectivity index (χ0v) is 11.0. The molecule has 0 saturated carbocycles. The predicted molar refractivity (Wildman–Crippen MR) is 64.2 cm³/mol. The van der Waals surface area contributed by atoms with E-state index in [1.807, 2.05) is 45.9 Å². The van der Waals surface area contributed by atoms with E-state index >= 15 is 0 Å². The Kier molecular flexibility index (Phi) is 2.73. The van der Waals surface area contributed by atoms with Gasteiger partial charge in [0.05, 0.1) is 17.5 Å². The van der Waals surface area contributed by atoms with Gasteiger partial charge in [0.1, 0.15) is 0 Å². The highest BCUT2D eigenvalue weighted by Crippen LogP contribution is 2.59. The second-order valence-electron chi connectivity index (χ2n) is 4.49. The topological polar surface area (TPSA) is 35.5 Å². The molecule has 1 atom stereocenters. The predicted octanol–water partition coefficient (Wildman–Crippen LogP) is 3.12. The molecule has 1 aliphatic rings. The van der Waals surface area contributed by atoms with Crippen LogP contribution in [0.4, 0.5) is 0 Å². The van der Waals surface area contributed by atoms with E-state index in [0.29, 0.717) is 6.61 Å². The highest BCUT2D eigenvalue weighted by Gasteiger charge is 2.47. The molecule has 0 saturated heterocycles. The van der Waals surface area contributed by atoms with Crippen molar-refractivity contribution in [3.8, 4) is 0 Å². The molecule has 88 valence electrons. The van der Waals surface area contributed by atoms with Gasteiger partial charge in [0.15, 0.2) is 0 Å². The maximum atomic E-state index is 12.6. The van der Waals surface area contributed by atoms with Crippen LogP contribution in [0.1, 0.15) is 31.9 Å². The standard InChI is InChI=1S/C12H17O3P/c1-5-14-16(13)10-8-6-7-9(2)11(10)12(3,4)15-16/h6-8H,5H2,1-4H3. The Balaban J connectivity index is 2.64. The first-order valence-electron chi connectivity index (χ1n) is 5.47. The number of aryl methyl sites for hydroxylation is 1. The maximum Gasteiger partial charge on any atom is 0.362 e. The van der Waals surface area contributed by atoms with Gasteiger partial charge in [-0.2, -0.15) is 0 Å². The van der Waals surface area contributed by atoms with Gasteiger partial charge in [-0.25, -0.2) is 0 Å². The van der Waals surface area contributed by atoms with Crippen molar-refractivity contribution in [2.75, 3.05) is 6.61 Å². The summed E-state index contributed by atoms with van der Waals surface area (Å²) in [7, 11) is -3.11. The van der Waals surface area contributed by atoms with E-state index in [1.165, 1.54) is 0 Å². The molecular formula is C12H17O3P. The summed E-state index contributed by atoms with van der Waals surface area (Å²) < 4.78 is 23.6. The Morgan fingerprint density at radius 3 is 2.75 bits per heavy atom. The van der Waals surface area contributed by atoms with Gasteiger partial charge in [0, 0.05) is 5.56 Å². The molecule has 0 amide bonds. The molecule has 1 aromatic rings. The van der Waals surface area contributed by atoms with E-state index in [9.17, 15) is 4.57 Å². The summed E-state index contributed by atoms with van der Waals surface area (Å²) >= 11 is 0. The van der Waals surface area contributed by atoms with E-state index in [4.69, 9.17) is 9.05 Å². The molecular weight excluding hydrogens is 223 g/mol. The third-order valence-corrected chi connectivity index (χ3v) is 5.05. The number of fused-ring (bicyclic) bond motifs is 1. The van der Waals surface area contributed by atoms with Gasteiger partial charge in [-0.3, -0.25) is 9.09 Å². The molecule has 1 unspecified atom stereocenters. The van der Waals surface area contributed by atoms with Crippen LogP contribution < -0.4 is 5.30 Å². The summed E-state index contributed by atoms with van der Waals surface area (Å²) in [6.07, 6.45) is 0. The van der Waals surface area contributed by atoms with Crippen LogP contribution in [0.25, 0.3) is 0 Å². The Labute approximate surface area is 96.3 Å². The van der Waals surface area contributed by atoms with Gasteiger partial charge in [0.2, 0.25) is 0 Å². The molecule has 1 aliphatic heterocycles. The van der Waals surface area contributed by atoms with Crippen molar-refractivity contribution in [1.82, 2.24) is 0 Å². The Morgan fingerprint density at radius 2 is 2.12 bits per heavy atom. The first kappa shape index (κ1) is 11.8. The van der Waals surface area contributed by atoms with Crippen LogP contribution in [0.2, 0.25) is 0 Å². The minimum absolute atomic E-state index is 0.390. The SMILES string of the molecule is CCOP1(=O)OC(C)(C)c2c(C)cccc21. The van der Waals surface area contributed by atoms with Crippen LogP contribution in [-0.2, 0) is 19.2 Å². The lowest BCUT2D eigenvalue weighted by molar-refractivity contribution is 0.0963. The molecule has 0 radical (unpaired) electrons. The molecule has 1 aromatic carbocycles. The summed E-state index contributed by atoms with van der Waals surface area (Å²) in [6.45, 7) is 8.07. The van der Waals surface area contributed by atoms with Crippen molar-refractivity contribution in [1.29, 1.82) is 0 Å². The third kappa shape index (κ3) is 1.64. The Hall–Kier alpha value is -0.630. The minimum Gasteiger partial charge on any atom is -0.305 e. The van der Waals surface area contributed by atoms with Gasteiger partial charge < -0.3 is 4.52 Å². The normalized spacial score (nSPS) is 26.8. The highest BCUT2D eigenvalue weighted by atomic mass is 31.2. The van der Waals surface area contributed by atoms with E-state index in [0.717, 1.165) is 16.4 Å². The van der Waals surface area contributed by atoms with E-state index in [1.54, 1.807) is 0 Å². The molecule has 16 heavy (non-hydrogen) atoms. The monoisotopic (exact) mass is 240 g/mol. The van der Waals surface area contributed by atoms with E-state index < -0.39 is 13.2 Å². The molecule has 1 heterocycles. The van der Waals surface area contributed by atoms with Gasteiger partial charge in [-0.1, -0.05) is 12.1 Å². The van der Waals surface area contributed by atoms with Crippen LogP contribution in [0.5, 0.6) is 0 Å². The van der Waals surface area contributed by atoms with Gasteiger partial charge in [-0.15, -0.1) is 0 Å². The van der Waals surface area contributed by atoms with Crippen LogP contribution in [-0.4, -0.2) is 6.61 Å². The number of hydrogen-bond donors (Lipinski definition) is 0. The lowest BCUT2D eigenvalue weighted by Crippen LogP contribution is -2.18. The molecule has 3 nitrogen and oxygen atoms in total. The zero-order valence-electron chi connectivity index (χ0n) is 10.1. The fourth-order valence-electron chi connectivity index (χ4n) is 2.32. The largest absolute Gasteiger partial charge is 0.362 e. The average Bonchev–Trinajstić information content (AvgIpc) is 2.35. The molecule has 0 aromatic heterocycles. The van der Waals surface area contributed by atoms with Crippen molar-refractivity contribution in [3.05, 3.63) is 29.3 Å². The maximum absolute atomic E-state index is 12.6. The lowest BCUT2D eigenvalue weighted by Gasteiger charge is -2.20. The smallest absolute Gasteiger partial charge is 0.305 e. The highest BCUT2D eigenvalue weighted by molar-refractivity contribution is 7.62. The van der Waals surface area contributed by atoms with Crippen LogP contribution in [0.15, 0.2) is 18.2 Å². The summed E-state index contributed by atoms with van der Waals surface area (Å²) in [6, 6.07) is 5.74. The molecule has 0 fully saturated rings. The minimum atomic E-state index is -3.11. The molecule has 0 bridgehead atoms. The van der Waals surface area contributed by atoms with Crippen molar-refractivity contribution in [2.45, 2.75) is 33.3 Å². The Morgan fingerprint density at radius 1 is 1.44 bits per heavy atom. The number of rotatable bonds is 2. The summed E-state index contributed by atoms with van der Waals surface area (Å²) in [5, 5.41) is 0.722. The second-order valence-corrected chi connectivity index (χ2v) is 6.40. The van der Waals surface area contributed by atoms with E-state index in [2.05, 4.69) is 0 Å². The first-order chi connectivity index (χ1) is 7.41. The summed E-state index contributed by atoms with van der Waals surface area (Å²) in [5.74, 6) is 0. The van der Waals surface area contributed by atoms with Crippen molar-refractivity contribution < 1.29 is 13.6 Å². The molecule has 2 rings (SSSR count). The fourth-order valence-corrected chi connectivity index (χ4v) is 4.64. The Bertz CT molecular complexity index is 465. The van der Waals surface area contributed by atoms with Crippen LogP contribution >= 0.6 is 7.60 Å². The van der Waals surface area contributed by atoms with Gasteiger partial charge in [0.25, 0.3) is 0 Å². The second kappa shape index (κ2) is 3.69. The van der Waals surface area contributed by atoms with Crippen LogP contribution in [0.3, 0.4) is 0 Å². The summed E-state index contributed by atoms with van der Waals surface area (Å²) in [4.78, 5) is 0. The average molecular weight is 240 g/mol. The number of hydrogen-bond acceptors (Lipinski definition) is 3. The first-order valence-corrected chi connectivity index (χ1v) is 7.01. The van der Waals surface area contributed by atoms with Crippen molar-refractivity contribution in [2.24, 2.45) is 0 Å². The lowest BCUT2D eigenvalue weighted by atomic mass is 9.94. The van der Waals surface area contributed by atoms with Crippen LogP contribution in [0, 0.1) is 6.92 Å². The molecule has 0 aliphatic carbocycles. The quantitative estimate of drug-likeness (QED) is 0.745. The van der Waals surface area contributed by atoms with Crippen molar-refractivity contribution in [3.63, 3.8) is 0 Å². The van der Waals surface area contributed by atoms with Gasteiger partial charge in [-0.05, 0) is 39.3 Å². The van der Waals surface area contributed by atoms with Gasteiger partial charge >= 0.3 is 7.60 Å². The van der Waals surface area contributed by atoms with E-state index in [-0.39, 0.29) is 0 Å². The zero-order chi connectivity index (χ0) is 12.0. The third-order valence-electron chi connectivity index (χ3n) is 2.80. The molecule has 0 N–H and O–H groups in total. The van der Waals surface area contributed by atoms with Crippen molar-refractivity contribution >= 4 is 12.9 Å². The summed E-state index contributed by atoms with van der Waals surface area (Å²) in [5.41, 5.74) is 1.57. The molecule has 0 spiro atoms. The number of benzene rings is 1. The fraction of sp³-hybridized carbons (Fsp3) is 0.500.